The molecule has 0 spiro atoms. The molecule has 0 unspecified atom stereocenters. The summed E-state index contributed by atoms with van der Waals surface area (Å²) < 4.78 is 29.7. The number of benzene rings is 1. The SMILES string of the molecule is C[C@@](O)(C(=O)N1[C@@H]2CC[C@H]([C@@H]1C(=O)N[C@@H](C#N)C[C@@H]1CCNC1=O)C(F)(F)C2)c1ccccc1. The lowest BCUT2D eigenvalue weighted by atomic mass is 9.70. The Balaban J connectivity index is 1.60. The summed E-state index contributed by atoms with van der Waals surface area (Å²) in [5, 5.41) is 25.8. The number of carbonyl (C=O) groups is 3. The summed E-state index contributed by atoms with van der Waals surface area (Å²) in [5.41, 5.74) is -1.74. The summed E-state index contributed by atoms with van der Waals surface area (Å²) in [5.74, 6) is -6.95. The van der Waals surface area contributed by atoms with Gasteiger partial charge >= 0.3 is 0 Å². The zero-order chi connectivity index (χ0) is 24.7. The van der Waals surface area contributed by atoms with Crippen LogP contribution in [0.5, 0.6) is 0 Å². The Kier molecular flexibility index (Phi) is 6.34. The van der Waals surface area contributed by atoms with Gasteiger partial charge in [0.05, 0.1) is 12.0 Å². The Morgan fingerprint density at radius 2 is 2.03 bits per heavy atom. The number of alkyl halides is 2. The summed E-state index contributed by atoms with van der Waals surface area (Å²) in [6, 6.07) is 6.55. The Hall–Kier alpha value is -3.06. The number of nitrogens with one attached hydrogen (secondary N) is 2. The van der Waals surface area contributed by atoms with E-state index in [1.54, 1.807) is 30.3 Å². The van der Waals surface area contributed by atoms with Crippen molar-refractivity contribution in [1.82, 2.24) is 15.5 Å². The van der Waals surface area contributed by atoms with Gasteiger partial charge in [-0.05, 0) is 38.2 Å². The van der Waals surface area contributed by atoms with Crippen LogP contribution < -0.4 is 10.6 Å². The number of carbonyl (C=O) groups excluding carboxylic acids is 3. The minimum atomic E-state index is -3.16. The molecule has 1 aliphatic carbocycles. The number of fused-ring (bicyclic) bond motifs is 3. The molecule has 3 heterocycles. The van der Waals surface area contributed by atoms with Crippen LogP contribution in [0.2, 0.25) is 0 Å². The van der Waals surface area contributed by atoms with Crippen molar-refractivity contribution >= 4 is 17.7 Å². The Morgan fingerprint density at radius 3 is 2.62 bits per heavy atom. The third kappa shape index (κ3) is 4.25. The van der Waals surface area contributed by atoms with Crippen LogP contribution in [-0.4, -0.2) is 58.3 Å². The van der Waals surface area contributed by atoms with E-state index in [4.69, 9.17) is 0 Å². The van der Waals surface area contributed by atoms with E-state index in [0.717, 1.165) is 4.90 Å². The van der Waals surface area contributed by atoms with Crippen molar-refractivity contribution in [1.29, 1.82) is 5.26 Å². The van der Waals surface area contributed by atoms with E-state index < -0.39 is 59.7 Å². The van der Waals surface area contributed by atoms with E-state index in [9.17, 15) is 33.5 Å². The molecule has 34 heavy (non-hydrogen) atoms. The summed E-state index contributed by atoms with van der Waals surface area (Å²) in [4.78, 5) is 39.8. The molecule has 5 rings (SSSR count). The van der Waals surface area contributed by atoms with E-state index in [-0.39, 0.29) is 24.3 Å². The smallest absolute Gasteiger partial charge is 0.259 e. The van der Waals surface area contributed by atoms with Gasteiger partial charge in [-0.3, -0.25) is 14.4 Å². The number of hydrogen-bond acceptors (Lipinski definition) is 5. The fourth-order valence-electron chi connectivity index (χ4n) is 5.49. The van der Waals surface area contributed by atoms with Gasteiger partial charge in [0.25, 0.3) is 11.8 Å². The molecule has 3 amide bonds. The second kappa shape index (κ2) is 8.95. The van der Waals surface area contributed by atoms with Gasteiger partial charge in [-0.25, -0.2) is 8.78 Å². The number of nitrogens with zero attached hydrogens (tertiary/aromatic N) is 2. The summed E-state index contributed by atoms with van der Waals surface area (Å²) >= 11 is 0. The predicted octanol–water partition coefficient (Wildman–Crippen LogP) is 1.44. The lowest BCUT2D eigenvalue weighted by Crippen LogP contribution is -2.70. The molecule has 1 aromatic carbocycles. The summed E-state index contributed by atoms with van der Waals surface area (Å²) in [6.45, 7) is 1.77. The number of piperidine rings is 2. The number of nitriles is 1. The van der Waals surface area contributed by atoms with Crippen LogP contribution in [0.1, 0.15) is 44.6 Å². The van der Waals surface area contributed by atoms with Gasteiger partial charge in [0.2, 0.25) is 11.8 Å². The van der Waals surface area contributed by atoms with Crippen molar-refractivity contribution in [2.45, 2.75) is 68.7 Å². The first-order valence-corrected chi connectivity index (χ1v) is 11.5. The summed E-state index contributed by atoms with van der Waals surface area (Å²) in [7, 11) is 0. The topological polar surface area (TPSA) is 123 Å². The first-order chi connectivity index (χ1) is 16.1. The number of halogens is 2. The molecule has 182 valence electrons. The molecular formula is C24H28F2N4O4. The average molecular weight is 475 g/mol. The molecule has 1 aromatic rings. The fourth-order valence-corrected chi connectivity index (χ4v) is 5.49. The van der Waals surface area contributed by atoms with Gasteiger partial charge in [-0.15, -0.1) is 0 Å². The molecular weight excluding hydrogens is 446 g/mol. The Labute approximate surface area is 196 Å². The number of rotatable bonds is 6. The van der Waals surface area contributed by atoms with Crippen LogP contribution in [0.4, 0.5) is 8.78 Å². The van der Waals surface area contributed by atoms with E-state index in [2.05, 4.69) is 10.6 Å². The number of aliphatic hydroxyl groups is 1. The monoisotopic (exact) mass is 474 g/mol. The fraction of sp³-hybridized carbons (Fsp3) is 0.583. The molecule has 6 atom stereocenters. The van der Waals surface area contributed by atoms with E-state index in [0.29, 0.717) is 19.4 Å². The molecule has 10 heteroatoms. The van der Waals surface area contributed by atoms with Crippen molar-refractivity contribution < 1.29 is 28.3 Å². The van der Waals surface area contributed by atoms with E-state index in [1.165, 1.54) is 6.92 Å². The highest BCUT2D eigenvalue weighted by atomic mass is 19.3. The zero-order valence-electron chi connectivity index (χ0n) is 18.8. The zero-order valence-corrected chi connectivity index (χ0v) is 18.8. The minimum Gasteiger partial charge on any atom is -0.376 e. The maximum absolute atomic E-state index is 14.9. The first-order valence-electron chi connectivity index (χ1n) is 11.5. The Morgan fingerprint density at radius 1 is 1.32 bits per heavy atom. The molecule has 3 saturated heterocycles. The normalized spacial score (nSPS) is 30.1. The average Bonchev–Trinajstić information content (AvgIpc) is 3.21. The quantitative estimate of drug-likeness (QED) is 0.576. The first kappa shape index (κ1) is 24.1. The van der Waals surface area contributed by atoms with Crippen molar-refractivity contribution in [3.63, 3.8) is 0 Å². The maximum atomic E-state index is 14.9. The van der Waals surface area contributed by atoms with E-state index >= 15 is 0 Å². The number of amides is 3. The molecule has 0 aromatic heterocycles. The molecule has 4 fully saturated rings. The standard InChI is InChI=1S/C24H28F2N4O4/c1-23(34,15-5-3-2-4-6-15)22(33)30-17-7-8-18(24(25,26)12-17)19(30)21(32)29-16(13-27)11-14-9-10-28-20(14)31/h2-6,14,16-19,34H,7-12H2,1H3,(H,28,31)(H,29,32)/t14-,16+,17+,18+,19+,23-/m0/s1. The van der Waals surface area contributed by atoms with Gasteiger partial charge < -0.3 is 20.6 Å². The van der Waals surface area contributed by atoms with Crippen molar-refractivity contribution in [2.75, 3.05) is 6.54 Å². The maximum Gasteiger partial charge on any atom is 0.259 e. The molecule has 3 aliphatic heterocycles. The van der Waals surface area contributed by atoms with Crippen LogP contribution in [0, 0.1) is 23.2 Å². The highest BCUT2D eigenvalue weighted by Gasteiger charge is 2.62. The second-order valence-corrected chi connectivity index (χ2v) is 9.60. The largest absolute Gasteiger partial charge is 0.376 e. The van der Waals surface area contributed by atoms with Crippen molar-refractivity contribution in [3.05, 3.63) is 35.9 Å². The van der Waals surface area contributed by atoms with Crippen molar-refractivity contribution in [2.24, 2.45) is 11.8 Å². The minimum absolute atomic E-state index is 0.0509. The van der Waals surface area contributed by atoms with Crippen LogP contribution in [0.15, 0.2) is 30.3 Å². The van der Waals surface area contributed by atoms with Crippen LogP contribution >= 0.6 is 0 Å². The van der Waals surface area contributed by atoms with E-state index in [1.807, 2.05) is 6.07 Å². The van der Waals surface area contributed by atoms with Gasteiger partial charge in [0.1, 0.15) is 12.1 Å². The third-order valence-corrected chi connectivity index (χ3v) is 7.35. The van der Waals surface area contributed by atoms with Gasteiger partial charge in [0, 0.05) is 24.9 Å². The molecule has 2 bridgehead atoms. The molecule has 0 radical (unpaired) electrons. The lowest BCUT2D eigenvalue weighted by molar-refractivity contribution is -0.203. The highest BCUT2D eigenvalue weighted by molar-refractivity contribution is 5.93. The van der Waals surface area contributed by atoms with Crippen molar-refractivity contribution in [3.8, 4) is 6.07 Å². The molecule has 1 saturated carbocycles. The predicted molar refractivity (Wildman–Crippen MR) is 116 cm³/mol. The van der Waals surface area contributed by atoms with Crippen LogP contribution in [-0.2, 0) is 20.0 Å². The van der Waals surface area contributed by atoms with Gasteiger partial charge in [-0.2, -0.15) is 5.26 Å². The lowest BCUT2D eigenvalue weighted by Gasteiger charge is -2.54. The van der Waals surface area contributed by atoms with Gasteiger partial charge in [0.15, 0.2) is 5.60 Å². The number of hydrogen-bond donors (Lipinski definition) is 3. The van der Waals surface area contributed by atoms with Gasteiger partial charge in [-0.1, -0.05) is 30.3 Å². The van der Waals surface area contributed by atoms with Crippen LogP contribution in [0.3, 0.4) is 0 Å². The highest BCUT2D eigenvalue weighted by Crippen LogP contribution is 2.50. The second-order valence-electron chi connectivity index (χ2n) is 9.60. The molecule has 3 N–H and O–H groups in total. The third-order valence-electron chi connectivity index (χ3n) is 7.35. The molecule has 4 aliphatic rings. The van der Waals surface area contributed by atoms with Crippen LogP contribution in [0.25, 0.3) is 0 Å². The Bertz CT molecular complexity index is 1010. The molecule has 8 nitrogen and oxygen atoms in total. The summed E-state index contributed by atoms with van der Waals surface area (Å²) in [6.07, 6.45) is 0.340.